The lowest BCUT2D eigenvalue weighted by molar-refractivity contribution is 0.0662. The van der Waals surface area contributed by atoms with E-state index in [0.717, 1.165) is 32.2 Å². The van der Waals surface area contributed by atoms with E-state index < -0.39 is 0 Å². The molecule has 0 aromatic heterocycles. The van der Waals surface area contributed by atoms with Gasteiger partial charge in [0.1, 0.15) is 0 Å². The maximum Gasteiger partial charge on any atom is 0.0996 e. The highest BCUT2D eigenvalue weighted by molar-refractivity contribution is 5.83. The van der Waals surface area contributed by atoms with Crippen LogP contribution in [0.15, 0.2) is 4.99 Å². The number of hydrogen-bond donors (Lipinski definition) is 0. The molecule has 0 aromatic rings. The van der Waals surface area contributed by atoms with Crippen molar-refractivity contribution in [1.29, 1.82) is 0 Å². The summed E-state index contributed by atoms with van der Waals surface area (Å²) in [6.07, 6.45) is 15.2. The lowest BCUT2D eigenvalue weighted by atomic mass is 9.86. The minimum atomic E-state index is 0.611. The third-order valence-electron chi connectivity index (χ3n) is 5.48. The first-order valence-corrected chi connectivity index (χ1v) is 9.31. The fourth-order valence-corrected chi connectivity index (χ4v) is 4.16. The van der Waals surface area contributed by atoms with E-state index in [-0.39, 0.29) is 0 Å². The van der Waals surface area contributed by atoms with E-state index in [9.17, 15) is 0 Å². The van der Waals surface area contributed by atoms with Crippen LogP contribution in [0.5, 0.6) is 0 Å². The number of amidine groups is 1. The largest absolute Gasteiger partial charge is 0.378 e. The van der Waals surface area contributed by atoms with Crippen molar-refractivity contribution in [3.8, 4) is 0 Å². The molecule has 0 unspecified atom stereocenters. The molecule has 21 heavy (non-hydrogen) atoms. The molecular formula is C18H32N2O. The molecule has 0 radical (unpaired) electrons. The van der Waals surface area contributed by atoms with Crippen molar-refractivity contribution in [3.63, 3.8) is 0 Å². The van der Waals surface area contributed by atoms with E-state index in [0.29, 0.717) is 6.04 Å². The Hall–Kier alpha value is -0.570. The molecular weight excluding hydrogens is 260 g/mol. The monoisotopic (exact) mass is 292 g/mol. The zero-order chi connectivity index (χ0) is 14.3. The van der Waals surface area contributed by atoms with Gasteiger partial charge in [-0.3, -0.25) is 4.99 Å². The fraction of sp³-hybridized carbons (Fsp3) is 0.944. The van der Waals surface area contributed by atoms with Gasteiger partial charge in [-0.15, -0.1) is 0 Å². The van der Waals surface area contributed by atoms with Gasteiger partial charge < -0.3 is 9.64 Å². The molecule has 1 saturated heterocycles. The van der Waals surface area contributed by atoms with Crippen molar-refractivity contribution in [2.24, 2.45) is 10.9 Å². The van der Waals surface area contributed by atoms with E-state index >= 15 is 0 Å². The number of hydrogen-bond acceptors (Lipinski definition) is 2. The highest BCUT2D eigenvalue weighted by atomic mass is 16.5. The lowest BCUT2D eigenvalue weighted by Crippen LogP contribution is -2.42. The molecule has 0 atom stereocenters. The Morgan fingerprint density at radius 2 is 1.48 bits per heavy atom. The van der Waals surface area contributed by atoms with E-state index in [1.807, 2.05) is 0 Å². The quantitative estimate of drug-likeness (QED) is 0.580. The smallest absolute Gasteiger partial charge is 0.0996 e. The van der Waals surface area contributed by atoms with E-state index in [1.54, 1.807) is 0 Å². The van der Waals surface area contributed by atoms with Gasteiger partial charge in [0.05, 0.1) is 25.1 Å². The van der Waals surface area contributed by atoms with Gasteiger partial charge in [0, 0.05) is 19.5 Å². The Balaban J connectivity index is 1.64. The second-order valence-electron chi connectivity index (χ2n) is 7.14. The maximum atomic E-state index is 5.53. The SMILES string of the molecule is C1CCC(C/C(=N\C2CCCCC2)N2CCOCC2)CC1. The van der Waals surface area contributed by atoms with Crippen LogP contribution in [0.1, 0.15) is 70.6 Å². The van der Waals surface area contributed by atoms with Crippen LogP contribution in [0.2, 0.25) is 0 Å². The van der Waals surface area contributed by atoms with Gasteiger partial charge in [0.2, 0.25) is 0 Å². The summed E-state index contributed by atoms with van der Waals surface area (Å²) in [5, 5.41) is 0. The minimum Gasteiger partial charge on any atom is -0.378 e. The summed E-state index contributed by atoms with van der Waals surface area (Å²) in [6.45, 7) is 3.87. The van der Waals surface area contributed by atoms with Gasteiger partial charge >= 0.3 is 0 Å². The number of rotatable bonds is 3. The standard InChI is InChI=1S/C18H32N2O/c1-3-7-16(8-4-1)15-18(20-11-13-21-14-12-20)19-17-9-5-2-6-10-17/h16-17H,1-15H2/b19-18+. The highest BCUT2D eigenvalue weighted by Crippen LogP contribution is 2.28. The van der Waals surface area contributed by atoms with E-state index in [2.05, 4.69) is 4.90 Å². The molecule has 120 valence electrons. The van der Waals surface area contributed by atoms with Crippen molar-refractivity contribution in [1.82, 2.24) is 4.90 Å². The maximum absolute atomic E-state index is 5.53. The van der Waals surface area contributed by atoms with Crippen LogP contribution >= 0.6 is 0 Å². The van der Waals surface area contributed by atoms with E-state index in [1.165, 1.54) is 76.5 Å². The Kier molecular flexibility index (Phi) is 5.96. The molecule has 0 spiro atoms. The van der Waals surface area contributed by atoms with Crippen LogP contribution in [-0.4, -0.2) is 43.1 Å². The Morgan fingerprint density at radius 1 is 0.857 bits per heavy atom. The van der Waals surface area contributed by atoms with Crippen LogP contribution in [0.4, 0.5) is 0 Å². The molecule has 3 fully saturated rings. The first kappa shape index (κ1) is 15.3. The van der Waals surface area contributed by atoms with Crippen LogP contribution in [0, 0.1) is 5.92 Å². The first-order chi connectivity index (χ1) is 10.4. The number of nitrogens with zero attached hydrogens (tertiary/aromatic N) is 2. The second kappa shape index (κ2) is 8.17. The van der Waals surface area contributed by atoms with Gasteiger partial charge in [-0.1, -0.05) is 51.4 Å². The summed E-state index contributed by atoms with van der Waals surface area (Å²) in [6, 6.07) is 0.611. The van der Waals surface area contributed by atoms with E-state index in [4.69, 9.17) is 9.73 Å². The third kappa shape index (κ3) is 4.70. The third-order valence-corrected chi connectivity index (χ3v) is 5.48. The lowest BCUT2D eigenvalue weighted by Gasteiger charge is -2.34. The predicted molar refractivity (Wildman–Crippen MR) is 87.9 cm³/mol. The summed E-state index contributed by atoms with van der Waals surface area (Å²) < 4.78 is 5.53. The van der Waals surface area contributed by atoms with Gasteiger partial charge in [-0.25, -0.2) is 0 Å². The zero-order valence-electron chi connectivity index (χ0n) is 13.6. The van der Waals surface area contributed by atoms with Crippen LogP contribution in [-0.2, 0) is 4.74 Å². The normalized spacial score (nSPS) is 27.0. The Morgan fingerprint density at radius 3 is 2.14 bits per heavy atom. The van der Waals surface area contributed by atoms with Gasteiger partial charge in [-0.05, 0) is 18.8 Å². The topological polar surface area (TPSA) is 24.8 Å². The van der Waals surface area contributed by atoms with Crippen molar-refractivity contribution in [2.45, 2.75) is 76.7 Å². The Labute approximate surface area is 130 Å². The van der Waals surface area contributed by atoms with Crippen LogP contribution in [0.25, 0.3) is 0 Å². The average Bonchev–Trinajstić information content (AvgIpc) is 2.57. The number of ether oxygens (including phenoxy) is 1. The molecule has 0 bridgehead atoms. The molecule has 2 saturated carbocycles. The summed E-state index contributed by atoms with van der Waals surface area (Å²) in [5.74, 6) is 2.32. The summed E-state index contributed by atoms with van der Waals surface area (Å²) in [5.41, 5.74) is 0. The summed E-state index contributed by atoms with van der Waals surface area (Å²) in [7, 11) is 0. The molecule has 2 aliphatic carbocycles. The van der Waals surface area contributed by atoms with Crippen molar-refractivity contribution < 1.29 is 4.74 Å². The second-order valence-corrected chi connectivity index (χ2v) is 7.14. The Bertz CT molecular complexity index is 324. The molecule has 1 aliphatic heterocycles. The number of morpholine rings is 1. The fourth-order valence-electron chi connectivity index (χ4n) is 4.16. The molecule has 3 rings (SSSR count). The molecule has 0 aromatic carbocycles. The number of aliphatic imine (C=N–C) groups is 1. The molecule has 3 heteroatoms. The van der Waals surface area contributed by atoms with Gasteiger partial charge in [0.15, 0.2) is 0 Å². The van der Waals surface area contributed by atoms with Crippen LogP contribution < -0.4 is 0 Å². The molecule has 3 aliphatic rings. The molecule has 0 N–H and O–H groups in total. The first-order valence-electron chi connectivity index (χ1n) is 9.31. The molecule has 0 amide bonds. The van der Waals surface area contributed by atoms with Crippen molar-refractivity contribution in [3.05, 3.63) is 0 Å². The molecule has 1 heterocycles. The summed E-state index contributed by atoms with van der Waals surface area (Å²) in [4.78, 5) is 7.77. The summed E-state index contributed by atoms with van der Waals surface area (Å²) >= 11 is 0. The minimum absolute atomic E-state index is 0.611. The highest BCUT2D eigenvalue weighted by Gasteiger charge is 2.23. The van der Waals surface area contributed by atoms with Gasteiger partial charge in [-0.2, -0.15) is 0 Å². The van der Waals surface area contributed by atoms with Crippen LogP contribution in [0.3, 0.4) is 0 Å². The van der Waals surface area contributed by atoms with Gasteiger partial charge in [0.25, 0.3) is 0 Å². The van der Waals surface area contributed by atoms with Crippen molar-refractivity contribution >= 4 is 5.84 Å². The zero-order valence-corrected chi connectivity index (χ0v) is 13.6. The predicted octanol–water partition coefficient (Wildman–Crippen LogP) is 4.02. The molecule has 3 nitrogen and oxygen atoms in total. The average molecular weight is 292 g/mol. The van der Waals surface area contributed by atoms with Crippen molar-refractivity contribution in [2.75, 3.05) is 26.3 Å².